The topological polar surface area (TPSA) is 128 Å². The Hall–Kier alpha value is -4.51. The van der Waals surface area contributed by atoms with E-state index in [1.165, 1.54) is 36.3 Å². The Morgan fingerprint density at radius 1 is 1.19 bits per heavy atom. The van der Waals surface area contributed by atoms with Crippen LogP contribution in [0.15, 0.2) is 71.8 Å². The molecule has 10 nitrogen and oxygen atoms in total. The number of anilines is 1. The van der Waals surface area contributed by atoms with Gasteiger partial charge in [-0.25, -0.2) is 29.4 Å². The molecule has 0 atom stereocenters. The molecular weight excluding hydrogens is 419 g/mol. The summed E-state index contributed by atoms with van der Waals surface area (Å²) in [5, 5.41) is 17.9. The molecule has 0 saturated carbocycles. The first-order valence-electron chi connectivity index (χ1n) is 9.26. The summed E-state index contributed by atoms with van der Waals surface area (Å²) in [4.78, 5) is 24.0. The number of ether oxygens (including phenoxy) is 1. The molecule has 11 heteroatoms. The van der Waals surface area contributed by atoms with Gasteiger partial charge in [0, 0.05) is 6.07 Å². The molecule has 0 aliphatic carbocycles. The van der Waals surface area contributed by atoms with Crippen LogP contribution in [0.3, 0.4) is 0 Å². The average molecular weight is 436 g/mol. The summed E-state index contributed by atoms with van der Waals surface area (Å²) in [5.74, 6) is 4.52. The molecule has 2 aromatic heterocycles. The highest BCUT2D eigenvalue weighted by Crippen LogP contribution is 2.23. The van der Waals surface area contributed by atoms with Crippen molar-refractivity contribution in [1.82, 2.24) is 19.6 Å². The quantitative estimate of drug-likeness (QED) is 0.279. The van der Waals surface area contributed by atoms with Gasteiger partial charge in [0.15, 0.2) is 17.3 Å². The van der Waals surface area contributed by atoms with Gasteiger partial charge in [0.05, 0.1) is 36.6 Å². The molecule has 0 aliphatic rings. The summed E-state index contributed by atoms with van der Waals surface area (Å²) in [6, 6.07) is 14.3. The van der Waals surface area contributed by atoms with Crippen LogP contribution in [0.25, 0.3) is 22.8 Å². The molecule has 0 aliphatic heterocycles. The zero-order chi connectivity index (χ0) is 22.8. The van der Waals surface area contributed by atoms with E-state index < -0.39 is 17.3 Å². The summed E-state index contributed by atoms with van der Waals surface area (Å²) in [6.07, 6.45) is 1.31. The number of rotatable bonds is 5. The summed E-state index contributed by atoms with van der Waals surface area (Å²) in [7, 11) is 1.32. The third-order valence-electron chi connectivity index (χ3n) is 4.65. The zero-order valence-corrected chi connectivity index (χ0v) is 16.7. The van der Waals surface area contributed by atoms with E-state index in [9.17, 15) is 14.0 Å². The van der Waals surface area contributed by atoms with E-state index >= 15 is 0 Å². The number of para-hydroxylation sites is 1. The largest absolute Gasteiger partial charge is 0.491 e. The highest BCUT2D eigenvalue weighted by atomic mass is 19.1. The number of carboxylic acid groups (broad SMARTS) is 1. The third kappa shape index (κ3) is 3.68. The van der Waals surface area contributed by atoms with Crippen LogP contribution in [0.2, 0.25) is 0 Å². The molecule has 0 unspecified atom stereocenters. The minimum absolute atomic E-state index is 0.0137. The van der Waals surface area contributed by atoms with Crippen LogP contribution in [-0.2, 0) is 0 Å². The predicted molar refractivity (Wildman–Crippen MR) is 114 cm³/mol. The van der Waals surface area contributed by atoms with Crippen molar-refractivity contribution >= 4 is 11.8 Å². The maximum atomic E-state index is 14.8. The van der Waals surface area contributed by atoms with Gasteiger partial charge in [-0.15, -0.1) is 0 Å². The van der Waals surface area contributed by atoms with Crippen LogP contribution in [0, 0.1) is 5.82 Å². The first-order chi connectivity index (χ1) is 15.4. The lowest BCUT2D eigenvalue weighted by Gasteiger charge is -2.15. The fraction of sp³-hybridized carbons (Fsp3) is 0.0476. The van der Waals surface area contributed by atoms with Gasteiger partial charge < -0.3 is 9.84 Å². The number of hydrogen-bond acceptors (Lipinski definition) is 6. The lowest BCUT2D eigenvalue weighted by Crippen LogP contribution is -2.36. The molecule has 2 aromatic carbocycles. The van der Waals surface area contributed by atoms with Crippen molar-refractivity contribution in [3.8, 4) is 28.5 Å². The van der Waals surface area contributed by atoms with E-state index in [-0.39, 0.29) is 22.8 Å². The Kier molecular flexibility index (Phi) is 5.39. The molecule has 0 saturated heterocycles. The molecule has 0 fully saturated rings. The second kappa shape index (κ2) is 8.32. The lowest BCUT2D eigenvalue weighted by molar-refractivity contribution is 0.202. The lowest BCUT2D eigenvalue weighted by atomic mass is 10.2. The van der Waals surface area contributed by atoms with Crippen molar-refractivity contribution in [2.24, 2.45) is 5.84 Å². The van der Waals surface area contributed by atoms with Crippen LogP contribution in [0.4, 0.5) is 14.9 Å². The van der Waals surface area contributed by atoms with Gasteiger partial charge in [-0.2, -0.15) is 10.2 Å². The van der Waals surface area contributed by atoms with E-state index in [0.29, 0.717) is 16.4 Å². The van der Waals surface area contributed by atoms with Crippen LogP contribution in [-0.4, -0.2) is 37.9 Å². The van der Waals surface area contributed by atoms with E-state index in [4.69, 9.17) is 15.7 Å². The van der Waals surface area contributed by atoms with Crippen molar-refractivity contribution in [2.45, 2.75) is 0 Å². The number of carbonyl (C=O) groups is 1. The van der Waals surface area contributed by atoms with Crippen LogP contribution in [0.1, 0.15) is 0 Å². The summed E-state index contributed by atoms with van der Waals surface area (Å²) >= 11 is 0. The van der Waals surface area contributed by atoms with E-state index in [1.54, 1.807) is 6.07 Å². The Balaban J connectivity index is 1.87. The number of aromatic nitrogens is 4. The van der Waals surface area contributed by atoms with Crippen molar-refractivity contribution in [3.05, 3.63) is 83.0 Å². The van der Waals surface area contributed by atoms with E-state index in [1.807, 2.05) is 30.3 Å². The van der Waals surface area contributed by atoms with E-state index in [2.05, 4.69) is 10.2 Å². The average Bonchev–Trinajstić information content (AvgIpc) is 3.29. The monoisotopic (exact) mass is 436 g/mol. The number of methoxy groups -OCH3 is 1. The summed E-state index contributed by atoms with van der Waals surface area (Å²) < 4.78 is 22.7. The van der Waals surface area contributed by atoms with Gasteiger partial charge in [0.1, 0.15) is 5.69 Å². The Morgan fingerprint density at radius 2 is 1.94 bits per heavy atom. The molecule has 4 rings (SSSR count). The van der Waals surface area contributed by atoms with Gasteiger partial charge in [-0.05, 0) is 30.3 Å². The molecule has 0 spiro atoms. The number of benzene rings is 2. The maximum Gasteiger partial charge on any atom is 0.426 e. The molecule has 2 heterocycles. The van der Waals surface area contributed by atoms with Gasteiger partial charge in [0.25, 0.3) is 5.43 Å². The molecule has 0 bridgehead atoms. The highest BCUT2D eigenvalue weighted by Gasteiger charge is 2.19. The van der Waals surface area contributed by atoms with Gasteiger partial charge in [-0.3, -0.25) is 4.79 Å². The van der Waals surface area contributed by atoms with Crippen molar-refractivity contribution in [1.29, 1.82) is 0 Å². The molecule has 4 aromatic rings. The second-order valence-electron chi connectivity index (χ2n) is 6.57. The Bertz CT molecular complexity index is 1350. The number of nitrogens with zero attached hydrogens (tertiary/aromatic N) is 5. The first kappa shape index (κ1) is 20.8. The molecule has 32 heavy (non-hydrogen) atoms. The molecule has 3 N–H and O–H groups in total. The fourth-order valence-corrected chi connectivity index (χ4v) is 3.10. The van der Waals surface area contributed by atoms with Crippen LogP contribution >= 0.6 is 0 Å². The van der Waals surface area contributed by atoms with Gasteiger partial charge >= 0.3 is 6.09 Å². The third-order valence-corrected chi connectivity index (χ3v) is 4.65. The highest BCUT2D eigenvalue weighted by molar-refractivity contribution is 5.84. The minimum atomic E-state index is -1.45. The second-order valence-corrected chi connectivity index (χ2v) is 6.57. The van der Waals surface area contributed by atoms with Crippen LogP contribution < -0.4 is 21.0 Å². The molecule has 162 valence electrons. The molecule has 0 radical (unpaired) electrons. The number of hydrogen-bond donors (Lipinski definition) is 2. The summed E-state index contributed by atoms with van der Waals surface area (Å²) in [6.45, 7) is 0. The van der Waals surface area contributed by atoms with Crippen molar-refractivity contribution in [3.63, 3.8) is 0 Å². The fourth-order valence-electron chi connectivity index (χ4n) is 3.10. The van der Waals surface area contributed by atoms with E-state index in [0.717, 1.165) is 10.7 Å². The number of halogens is 1. The molecular formula is C21H17FN6O4. The number of nitrogens with two attached hydrogens (primary N) is 1. The Labute approximate surface area is 180 Å². The van der Waals surface area contributed by atoms with Crippen molar-refractivity contribution in [2.75, 3.05) is 12.1 Å². The predicted octanol–water partition coefficient (Wildman–Crippen LogP) is 2.59. The maximum absolute atomic E-state index is 14.8. The number of amides is 1. The smallest absolute Gasteiger partial charge is 0.426 e. The van der Waals surface area contributed by atoms with Crippen LogP contribution in [0.5, 0.6) is 5.75 Å². The first-order valence-corrected chi connectivity index (χ1v) is 9.26. The zero-order valence-electron chi connectivity index (χ0n) is 16.7. The SMILES string of the molecule is COc1cn(-c2ccc(N(N)C(=O)O)cc2F)nc(-c2ccnn2-c2ccccc2)c1=O. The summed E-state index contributed by atoms with van der Waals surface area (Å²) in [5.41, 5.74) is 0.449. The Morgan fingerprint density at radius 3 is 2.59 bits per heavy atom. The van der Waals surface area contributed by atoms with Gasteiger partial charge in [0.2, 0.25) is 0 Å². The minimum Gasteiger partial charge on any atom is -0.491 e. The van der Waals surface area contributed by atoms with Crippen molar-refractivity contribution < 1.29 is 19.0 Å². The normalized spacial score (nSPS) is 10.7. The standard InChI is InChI=1S/C21H17FN6O4/c1-32-18-12-26(16-8-7-14(11-15(16)22)27(23)21(30)31)25-19(20(18)29)17-9-10-24-28(17)13-5-3-2-4-6-13/h2-12H,23H2,1H3,(H,30,31). The van der Waals surface area contributed by atoms with Gasteiger partial charge in [-0.1, -0.05) is 18.2 Å². The number of hydrazine groups is 1. The molecule has 1 amide bonds.